The van der Waals surface area contributed by atoms with Gasteiger partial charge in [-0.25, -0.2) is 0 Å². The molecular formula is C13H9Cl3F3NS. The van der Waals surface area contributed by atoms with Crippen molar-refractivity contribution >= 4 is 51.8 Å². The van der Waals surface area contributed by atoms with Crippen LogP contribution < -0.4 is 5.32 Å². The highest BCUT2D eigenvalue weighted by Crippen LogP contribution is 2.40. The Kier molecular flexibility index (Phi) is 4.98. The van der Waals surface area contributed by atoms with Gasteiger partial charge in [0.05, 0.1) is 20.3 Å². The lowest BCUT2D eigenvalue weighted by Gasteiger charge is -2.19. The number of nitrogens with one attached hydrogen (secondary N) is 1. The van der Waals surface area contributed by atoms with Gasteiger partial charge in [0.2, 0.25) is 0 Å². The number of hydrogen-bond acceptors (Lipinski definition) is 2. The van der Waals surface area contributed by atoms with E-state index in [-0.39, 0.29) is 10.7 Å². The second-order valence-electron chi connectivity index (χ2n) is 4.33. The van der Waals surface area contributed by atoms with Crippen molar-refractivity contribution in [2.45, 2.75) is 19.1 Å². The van der Waals surface area contributed by atoms with Gasteiger partial charge >= 0.3 is 6.18 Å². The van der Waals surface area contributed by atoms with Gasteiger partial charge in [-0.15, -0.1) is 11.3 Å². The lowest BCUT2D eigenvalue weighted by atomic mass is 10.1. The number of thiophene rings is 1. The quantitative estimate of drug-likeness (QED) is 0.616. The van der Waals surface area contributed by atoms with Gasteiger partial charge in [-0.1, -0.05) is 34.8 Å². The number of hydrogen-bond donors (Lipinski definition) is 1. The minimum Gasteiger partial charge on any atom is -0.378 e. The molecule has 2 aromatic rings. The van der Waals surface area contributed by atoms with E-state index in [0.717, 1.165) is 6.07 Å². The van der Waals surface area contributed by atoms with Crippen molar-refractivity contribution in [1.29, 1.82) is 0 Å². The maximum Gasteiger partial charge on any atom is 0.418 e. The summed E-state index contributed by atoms with van der Waals surface area (Å²) in [5.41, 5.74) is -0.230. The summed E-state index contributed by atoms with van der Waals surface area (Å²) in [6.07, 6.45) is -4.50. The molecule has 0 bridgehead atoms. The highest BCUT2D eigenvalue weighted by atomic mass is 35.5. The lowest BCUT2D eigenvalue weighted by Crippen LogP contribution is -2.13. The number of rotatable bonds is 3. The Bertz CT molecular complexity index is 655. The fourth-order valence-electron chi connectivity index (χ4n) is 1.84. The van der Waals surface area contributed by atoms with Crippen LogP contribution in [0.15, 0.2) is 24.3 Å². The van der Waals surface area contributed by atoms with Gasteiger partial charge in [-0.2, -0.15) is 13.2 Å². The second-order valence-corrected chi connectivity index (χ2v) is 7.06. The average Bonchev–Trinajstić information content (AvgIpc) is 2.69. The minimum absolute atomic E-state index is 0.0251. The number of alkyl halides is 3. The van der Waals surface area contributed by atoms with Crippen molar-refractivity contribution in [3.63, 3.8) is 0 Å². The van der Waals surface area contributed by atoms with E-state index in [1.54, 1.807) is 13.0 Å². The maximum atomic E-state index is 13.0. The van der Waals surface area contributed by atoms with E-state index >= 15 is 0 Å². The van der Waals surface area contributed by atoms with Gasteiger partial charge in [0, 0.05) is 16.3 Å². The second kappa shape index (κ2) is 6.24. The first-order chi connectivity index (χ1) is 9.68. The van der Waals surface area contributed by atoms with Gasteiger partial charge < -0.3 is 5.32 Å². The van der Waals surface area contributed by atoms with Crippen LogP contribution in [0.5, 0.6) is 0 Å². The normalized spacial score (nSPS) is 13.3. The maximum absolute atomic E-state index is 13.0. The third-order valence-corrected chi connectivity index (χ3v) is 4.56. The predicted octanol–water partition coefficient (Wildman–Crippen LogP) is 6.90. The molecule has 1 atom stereocenters. The zero-order chi connectivity index (χ0) is 15.8. The summed E-state index contributed by atoms with van der Waals surface area (Å²) in [6, 6.07) is 4.79. The molecule has 0 aliphatic rings. The van der Waals surface area contributed by atoms with Crippen molar-refractivity contribution in [2.24, 2.45) is 0 Å². The zero-order valence-corrected chi connectivity index (χ0v) is 13.6. The molecule has 0 saturated heterocycles. The van der Waals surface area contributed by atoms with Crippen LogP contribution in [0, 0.1) is 0 Å². The molecule has 1 aromatic carbocycles. The molecule has 0 amide bonds. The van der Waals surface area contributed by atoms with Crippen molar-refractivity contribution in [3.05, 3.63) is 49.1 Å². The molecule has 21 heavy (non-hydrogen) atoms. The molecule has 0 aliphatic heterocycles. The summed E-state index contributed by atoms with van der Waals surface area (Å²) < 4.78 is 40.0. The summed E-state index contributed by atoms with van der Waals surface area (Å²) >= 11 is 18.7. The van der Waals surface area contributed by atoms with Gasteiger partial charge in [-0.05, 0) is 31.2 Å². The summed E-state index contributed by atoms with van der Waals surface area (Å²) in [4.78, 5) is 0. The molecule has 1 unspecified atom stereocenters. The van der Waals surface area contributed by atoms with Crippen molar-refractivity contribution < 1.29 is 13.2 Å². The van der Waals surface area contributed by atoms with Crippen LogP contribution in [0.1, 0.15) is 24.1 Å². The third-order valence-electron chi connectivity index (χ3n) is 2.81. The Hall–Kier alpha value is -0.620. The molecular weight excluding hydrogens is 366 g/mol. The Balaban J connectivity index is 2.33. The first kappa shape index (κ1) is 16.7. The summed E-state index contributed by atoms with van der Waals surface area (Å²) in [6.45, 7) is 1.71. The van der Waals surface area contributed by atoms with Gasteiger partial charge in [0.15, 0.2) is 0 Å². The molecule has 0 spiro atoms. The van der Waals surface area contributed by atoms with Crippen molar-refractivity contribution in [3.8, 4) is 0 Å². The first-order valence-corrected chi connectivity index (χ1v) is 7.71. The van der Waals surface area contributed by atoms with E-state index in [2.05, 4.69) is 5.32 Å². The van der Waals surface area contributed by atoms with Crippen LogP contribution in [0.2, 0.25) is 13.7 Å². The van der Waals surface area contributed by atoms with E-state index in [9.17, 15) is 13.2 Å². The molecule has 1 aromatic heterocycles. The highest BCUT2D eigenvalue weighted by molar-refractivity contribution is 7.20. The van der Waals surface area contributed by atoms with Crippen LogP contribution >= 0.6 is 46.1 Å². The number of benzene rings is 1. The molecule has 1 nitrogen and oxygen atoms in total. The van der Waals surface area contributed by atoms with Crippen molar-refractivity contribution in [2.75, 3.05) is 5.32 Å². The monoisotopic (exact) mass is 373 g/mol. The van der Waals surface area contributed by atoms with E-state index < -0.39 is 17.8 Å². The minimum atomic E-state index is -4.50. The van der Waals surface area contributed by atoms with Crippen LogP contribution in [-0.2, 0) is 6.18 Å². The number of halogens is 6. The molecule has 1 N–H and O–H groups in total. The van der Waals surface area contributed by atoms with Crippen LogP contribution in [0.25, 0.3) is 0 Å². The van der Waals surface area contributed by atoms with E-state index in [0.29, 0.717) is 14.2 Å². The lowest BCUT2D eigenvalue weighted by molar-refractivity contribution is -0.137. The first-order valence-electron chi connectivity index (χ1n) is 5.76. The fourth-order valence-corrected chi connectivity index (χ4v) is 3.65. The molecule has 0 fully saturated rings. The van der Waals surface area contributed by atoms with Gasteiger partial charge in [0.1, 0.15) is 0 Å². The van der Waals surface area contributed by atoms with Gasteiger partial charge in [-0.3, -0.25) is 0 Å². The molecule has 0 radical (unpaired) electrons. The summed E-state index contributed by atoms with van der Waals surface area (Å²) in [7, 11) is 0. The highest BCUT2D eigenvalue weighted by Gasteiger charge is 2.34. The molecule has 0 aliphatic carbocycles. The fraction of sp³-hybridized carbons (Fsp3) is 0.231. The van der Waals surface area contributed by atoms with E-state index in [1.165, 1.54) is 23.5 Å². The molecule has 114 valence electrons. The largest absolute Gasteiger partial charge is 0.418 e. The van der Waals surface area contributed by atoms with Gasteiger partial charge in [0.25, 0.3) is 0 Å². The van der Waals surface area contributed by atoms with Crippen LogP contribution in [0.4, 0.5) is 18.9 Å². The Morgan fingerprint density at radius 1 is 1.14 bits per heavy atom. The predicted molar refractivity (Wildman–Crippen MR) is 82.8 cm³/mol. The standard InChI is InChI=1S/C13H9Cl3F3NS/c1-6(8-5-11(15)21-12(8)16)20-10-3-2-7(14)4-9(10)13(17,18)19/h2-6,20H,1H3. The molecule has 1 heterocycles. The Morgan fingerprint density at radius 2 is 1.81 bits per heavy atom. The SMILES string of the molecule is CC(Nc1ccc(Cl)cc1C(F)(F)F)c1cc(Cl)sc1Cl. The summed E-state index contributed by atoms with van der Waals surface area (Å²) in [5.74, 6) is 0. The third kappa shape index (κ3) is 3.97. The smallest absolute Gasteiger partial charge is 0.378 e. The Labute approximate surface area is 138 Å². The van der Waals surface area contributed by atoms with Crippen LogP contribution in [0.3, 0.4) is 0 Å². The number of anilines is 1. The van der Waals surface area contributed by atoms with E-state index in [1.807, 2.05) is 0 Å². The Morgan fingerprint density at radius 3 is 2.33 bits per heavy atom. The zero-order valence-electron chi connectivity index (χ0n) is 10.6. The molecule has 8 heteroatoms. The molecule has 2 rings (SSSR count). The average molecular weight is 375 g/mol. The summed E-state index contributed by atoms with van der Waals surface area (Å²) in [5, 5.41) is 2.82. The topological polar surface area (TPSA) is 12.0 Å². The van der Waals surface area contributed by atoms with Crippen molar-refractivity contribution in [1.82, 2.24) is 0 Å². The van der Waals surface area contributed by atoms with E-state index in [4.69, 9.17) is 34.8 Å². The van der Waals surface area contributed by atoms with Crippen LogP contribution in [-0.4, -0.2) is 0 Å². The molecule has 0 saturated carbocycles.